The summed E-state index contributed by atoms with van der Waals surface area (Å²) in [4.78, 5) is 0. The van der Waals surface area contributed by atoms with Gasteiger partial charge in [-0.2, -0.15) is 0 Å². The molecule has 0 aliphatic carbocycles. The average Bonchev–Trinajstić information content (AvgIpc) is 2.16. The molecule has 0 aromatic heterocycles. The maximum atomic E-state index is 5.99. The summed E-state index contributed by atoms with van der Waals surface area (Å²) < 4.78 is 0. The molecule has 0 aliphatic rings. The van der Waals surface area contributed by atoms with E-state index in [-0.39, 0.29) is 0 Å². The third-order valence-electron chi connectivity index (χ3n) is 2.13. The smallest absolute Gasteiger partial charge is 0.0412 e. The van der Waals surface area contributed by atoms with Crippen LogP contribution in [0.25, 0.3) is 0 Å². The van der Waals surface area contributed by atoms with Gasteiger partial charge in [0.25, 0.3) is 0 Å². The maximum absolute atomic E-state index is 5.99. The van der Waals surface area contributed by atoms with Gasteiger partial charge in [0.2, 0.25) is 0 Å². The van der Waals surface area contributed by atoms with E-state index in [1.165, 1.54) is 5.56 Å². The van der Waals surface area contributed by atoms with Gasteiger partial charge in [-0.3, -0.25) is 0 Å². The second-order valence-electron chi connectivity index (χ2n) is 4.20. The van der Waals surface area contributed by atoms with Gasteiger partial charge < -0.3 is 11.1 Å². The summed E-state index contributed by atoms with van der Waals surface area (Å²) in [6, 6.07) is 5.99. The van der Waals surface area contributed by atoms with Gasteiger partial charge in [-0.15, -0.1) is 0 Å². The lowest BCUT2D eigenvalue weighted by Crippen LogP contribution is -2.19. The number of benzene rings is 1. The molecule has 3 N–H and O–H groups in total. The first-order chi connectivity index (χ1) is 7.11. The second kappa shape index (κ2) is 6.11. The Kier molecular flexibility index (Phi) is 5.09. The Morgan fingerprint density at radius 3 is 2.53 bits per heavy atom. The van der Waals surface area contributed by atoms with Crippen molar-refractivity contribution < 1.29 is 0 Å². The number of hydrogen-bond donors (Lipinski definition) is 2. The number of halogens is 1. The third-order valence-corrected chi connectivity index (χ3v) is 2.35. The monoisotopic (exact) mass is 226 g/mol. The molecule has 0 heterocycles. The van der Waals surface area contributed by atoms with E-state index >= 15 is 0 Å². The molecule has 0 atom stereocenters. The second-order valence-corrected chi connectivity index (χ2v) is 4.63. The van der Waals surface area contributed by atoms with Gasteiger partial charge in [0.05, 0.1) is 0 Å². The zero-order chi connectivity index (χ0) is 11.3. The normalized spacial score (nSPS) is 11.0. The van der Waals surface area contributed by atoms with Crippen LogP contribution in [0, 0.1) is 5.92 Å². The lowest BCUT2D eigenvalue weighted by Gasteiger charge is -2.09. The first-order valence-electron chi connectivity index (χ1n) is 5.31. The van der Waals surface area contributed by atoms with Crippen molar-refractivity contribution in [1.29, 1.82) is 0 Å². The van der Waals surface area contributed by atoms with E-state index in [1.807, 2.05) is 12.1 Å². The zero-order valence-electron chi connectivity index (χ0n) is 9.39. The van der Waals surface area contributed by atoms with Gasteiger partial charge in [-0.25, -0.2) is 0 Å². The molecule has 0 saturated carbocycles. The van der Waals surface area contributed by atoms with Crippen LogP contribution in [0.3, 0.4) is 0 Å². The molecular formula is C12H19ClN2. The summed E-state index contributed by atoms with van der Waals surface area (Å²) >= 11 is 5.99. The topological polar surface area (TPSA) is 38.0 Å². The van der Waals surface area contributed by atoms with Gasteiger partial charge in [-0.1, -0.05) is 31.5 Å². The molecule has 0 aliphatic heterocycles. The molecule has 84 valence electrons. The van der Waals surface area contributed by atoms with Gasteiger partial charge in [0, 0.05) is 18.1 Å². The van der Waals surface area contributed by atoms with Crippen LogP contribution in [0.4, 0.5) is 0 Å². The van der Waals surface area contributed by atoms with Gasteiger partial charge >= 0.3 is 0 Å². The minimum absolute atomic E-state index is 0.539. The average molecular weight is 227 g/mol. The van der Waals surface area contributed by atoms with Crippen LogP contribution in [0.2, 0.25) is 5.02 Å². The number of nitrogens with one attached hydrogen (secondary N) is 1. The van der Waals surface area contributed by atoms with Crippen LogP contribution in [0.5, 0.6) is 0 Å². The minimum atomic E-state index is 0.539. The molecule has 3 heteroatoms. The van der Waals surface area contributed by atoms with Crippen LogP contribution in [0.1, 0.15) is 25.0 Å². The highest BCUT2D eigenvalue weighted by molar-refractivity contribution is 6.30. The van der Waals surface area contributed by atoms with Crippen molar-refractivity contribution in [2.75, 3.05) is 6.54 Å². The van der Waals surface area contributed by atoms with Crippen molar-refractivity contribution >= 4 is 11.6 Å². The molecule has 1 aromatic rings. The fourth-order valence-electron chi connectivity index (χ4n) is 1.44. The summed E-state index contributed by atoms with van der Waals surface area (Å²) in [5, 5.41) is 4.14. The third kappa shape index (κ3) is 4.65. The minimum Gasteiger partial charge on any atom is -0.326 e. The molecule has 1 rings (SSSR count). The van der Waals surface area contributed by atoms with Crippen molar-refractivity contribution in [1.82, 2.24) is 5.32 Å². The first kappa shape index (κ1) is 12.5. The molecule has 15 heavy (non-hydrogen) atoms. The fourth-order valence-corrected chi connectivity index (χ4v) is 1.72. The predicted molar refractivity (Wildman–Crippen MR) is 65.9 cm³/mol. The van der Waals surface area contributed by atoms with Crippen molar-refractivity contribution in [3.8, 4) is 0 Å². The molecular weight excluding hydrogens is 208 g/mol. The van der Waals surface area contributed by atoms with E-state index in [1.54, 1.807) is 0 Å². The van der Waals surface area contributed by atoms with E-state index in [0.717, 1.165) is 23.7 Å². The molecule has 0 fully saturated rings. The molecule has 0 amide bonds. The van der Waals surface area contributed by atoms with E-state index in [9.17, 15) is 0 Å². The Hall–Kier alpha value is -0.570. The van der Waals surface area contributed by atoms with Crippen molar-refractivity contribution in [3.63, 3.8) is 0 Å². The predicted octanol–water partition coefficient (Wildman–Crippen LogP) is 2.54. The van der Waals surface area contributed by atoms with E-state index in [2.05, 4.69) is 25.2 Å². The van der Waals surface area contributed by atoms with Crippen LogP contribution in [0.15, 0.2) is 18.2 Å². The van der Waals surface area contributed by atoms with Crippen molar-refractivity contribution in [2.45, 2.75) is 26.9 Å². The Bertz CT molecular complexity index is 310. The zero-order valence-corrected chi connectivity index (χ0v) is 10.1. The Labute approximate surface area is 96.8 Å². The first-order valence-corrected chi connectivity index (χ1v) is 5.68. The van der Waals surface area contributed by atoms with Gasteiger partial charge in [-0.05, 0) is 35.7 Å². The summed E-state index contributed by atoms with van der Waals surface area (Å²) in [6.45, 7) is 6.79. The number of rotatable bonds is 5. The largest absolute Gasteiger partial charge is 0.326 e. The molecule has 1 aromatic carbocycles. The summed E-state index contributed by atoms with van der Waals surface area (Å²) in [5.41, 5.74) is 7.87. The Balaban J connectivity index is 2.56. The summed E-state index contributed by atoms with van der Waals surface area (Å²) in [6.07, 6.45) is 0. The van der Waals surface area contributed by atoms with Crippen LogP contribution in [-0.2, 0) is 13.1 Å². The lowest BCUT2D eigenvalue weighted by atomic mass is 10.1. The standard InChI is InChI=1S/C12H19ClN2/c1-9(2)7-15-8-11-3-10(6-14)4-12(13)5-11/h3-5,9,15H,6-8,14H2,1-2H3. The molecule has 0 radical (unpaired) electrons. The van der Waals surface area contributed by atoms with Crippen LogP contribution >= 0.6 is 11.6 Å². The Morgan fingerprint density at radius 2 is 1.93 bits per heavy atom. The molecule has 0 saturated heterocycles. The highest BCUT2D eigenvalue weighted by atomic mass is 35.5. The Morgan fingerprint density at radius 1 is 1.27 bits per heavy atom. The van der Waals surface area contributed by atoms with Gasteiger partial charge in [0.15, 0.2) is 0 Å². The SMILES string of the molecule is CC(C)CNCc1cc(Cl)cc(CN)c1. The van der Waals surface area contributed by atoms with Crippen LogP contribution in [-0.4, -0.2) is 6.54 Å². The summed E-state index contributed by atoms with van der Waals surface area (Å²) in [7, 11) is 0. The van der Waals surface area contributed by atoms with Gasteiger partial charge in [0.1, 0.15) is 0 Å². The fraction of sp³-hybridized carbons (Fsp3) is 0.500. The summed E-state index contributed by atoms with van der Waals surface area (Å²) in [5.74, 6) is 0.665. The van der Waals surface area contributed by atoms with E-state index in [0.29, 0.717) is 12.5 Å². The number of hydrogen-bond acceptors (Lipinski definition) is 2. The van der Waals surface area contributed by atoms with E-state index in [4.69, 9.17) is 17.3 Å². The molecule has 0 unspecified atom stereocenters. The highest BCUT2D eigenvalue weighted by Gasteiger charge is 1.99. The molecule has 0 spiro atoms. The maximum Gasteiger partial charge on any atom is 0.0412 e. The molecule has 0 bridgehead atoms. The van der Waals surface area contributed by atoms with Crippen molar-refractivity contribution in [3.05, 3.63) is 34.3 Å². The number of nitrogens with two attached hydrogens (primary N) is 1. The van der Waals surface area contributed by atoms with Crippen LogP contribution < -0.4 is 11.1 Å². The van der Waals surface area contributed by atoms with E-state index < -0.39 is 0 Å². The molecule has 2 nitrogen and oxygen atoms in total. The quantitative estimate of drug-likeness (QED) is 0.810. The highest BCUT2D eigenvalue weighted by Crippen LogP contribution is 2.14. The lowest BCUT2D eigenvalue weighted by molar-refractivity contribution is 0.552. The van der Waals surface area contributed by atoms with Crippen molar-refractivity contribution in [2.24, 2.45) is 11.7 Å².